The van der Waals surface area contributed by atoms with E-state index >= 15 is 0 Å². The topological polar surface area (TPSA) is 42.0 Å². The van der Waals surface area contributed by atoms with Gasteiger partial charge in [-0.2, -0.15) is 0 Å². The van der Waals surface area contributed by atoms with Gasteiger partial charge in [0, 0.05) is 18.4 Å². The van der Waals surface area contributed by atoms with E-state index in [0.29, 0.717) is 11.9 Å². The second-order valence-corrected chi connectivity index (χ2v) is 3.28. The molecule has 1 rings (SSSR count). The Bertz CT molecular complexity index is 284. The molecule has 1 aromatic rings. The molecule has 0 unspecified atom stereocenters. The fourth-order valence-corrected chi connectivity index (χ4v) is 1.05. The van der Waals surface area contributed by atoms with Gasteiger partial charge >= 0.3 is 0 Å². The fourth-order valence-electron chi connectivity index (χ4n) is 0.851. The molecule has 4 heteroatoms. The third-order valence-electron chi connectivity index (χ3n) is 1.58. The van der Waals surface area contributed by atoms with Crippen LogP contribution in [0, 0.1) is 6.92 Å². The van der Waals surface area contributed by atoms with Crippen LogP contribution in [-0.2, 0) is 11.3 Å². The molecule has 3 nitrogen and oxygen atoms in total. The molecule has 0 spiro atoms. The van der Waals surface area contributed by atoms with Crippen molar-refractivity contribution in [1.29, 1.82) is 0 Å². The molecule has 0 fully saturated rings. The standard InChI is InChI=1S/C9H11BrN2O/c1-7-2-3-8(5-11-7)6-12-9(13)4-10/h2-3,5H,4,6H2,1H3,(H,12,13). The van der Waals surface area contributed by atoms with E-state index in [1.165, 1.54) is 0 Å². The molecule has 13 heavy (non-hydrogen) atoms. The number of carbonyl (C=O) groups is 1. The number of nitrogens with one attached hydrogen (secondary N) is 1. The van der Waals surface area contributed by atoms with Gasteiger partial charge in [-0.15, -0.1) is 0 Å². The van der Waals surface area contributed by atoms with E-state index in [1.54, 1.807) is 6.20 Å². The van der Waals surface area contributed by atoms with Crippen LogP contribution < -0.4 is 5.32 Å². The summed E-state index contributed by atoms with van der Waals surface area (Å²) in [5, 5.41) is 3.08. The molecule has 1 amide bonds. The number of nitrogens with zero attached hydrogens (tertiary/aromatic N) is 1. The molecule has 0 aliphatic rings. The SMILES string of the molecule is Cc1ccc(CNC(=O)CBr)cn1. The largest absolute Gasteiger partial charge is 0.351 e. The smallest absolute Gasteiger partial charge is 0.230 e. The lowest BCUT2D eigenvalue weighted by Gasteiger charge is -2.02. The summed E-state index contributed by atoms with van der Waals surface area (Å²) in [4.78, 5) is 15.0. The van der Waals surface area contributed by atoms with Crippen LogP contribution in [0.1, 0.15) is 11.3 Å². The van der Waals surface area contributed by atoms with Crippen molar-refractivity contribution in [1.82, 2.24) is 10.3 Å². The second-order valence-electron chi connectivity index (χ2n) is 2.72. The van der Waals surface area contributed by atoms with Crippen molar-refractivity contribution in [2.24, 2.45) is 0 Å². The van der Waals surface area contributed by atoms with Crippen molar-refractivity contribution >= 4 is 21.8 Å². The van der Waals surface area contributed by atoms with Gasteiger partial charge < -0.3 is 5.32 Å². The Hall–Kier alpha value is -0.900. The Morgan fingerprint density at radius 2 is 2.38 bits per heavy atom. The number of amides is 1. The summed E-state index contributed by atoms with van der Waals surface area (Å²) in [5.41, 5.74) is 2.00. The van der Waals surface area contributed by atoms with Gasteiger partial charge in [0.15, 0.2) is 0 Å². The summed E-state index contributed by atoms with van der Waals surface area (Å²) in [6.07, 6.45) is 1.77. The molecular weight excluding hydrogens is 232 g/mol. The van der Waals surface area contributed by atoms with Crippen LogP contribution in [0.15, 0.2) is 18.3 Å². The zero-order valence-corrected chi connectivity index (χ0v) is 8.97. The summed E-state index contributed by atoms with van der Waals surface area (Å²) >= 11 is 3.07. The second kappa shape index (κ2) is 4.97. The van der Waals surface area contributed by atoms with Gasteiger partial charge in [-0.1, -0.05) is 22.0 Å². The molecule has 0 bridgehead atoms. The van der Waals surface area contributed by atoms with Crippen molar-refractivity contribution in [3.8, 4) is 0 Å². The minimum absolute atomic E-state index is 0.0134. The highest BCUT2D eigenvalue weighted by atomic mass is 79.9. The minimum Gasteiger partial charge on any atom is -0.351 e. The van der Waals surface area contributed by atoms with Crippen LogP contribution in [0.2, 0.25) is 0 Å². The van der Waals surface area contributed by atoms with Crippen molar-refractivity contribution < 1.29 is 4.79 Å². The van der Waals surface area contributed by atoms with Crippen LogP contribution in [0.25, 0.3) is 0 Å². The highest BCUT2D eigenvalue weighted by Crippen LogP contribution is 1.98. The molecule has 0 saturated carbocycles. The van der Waals surface area contributed by atoms with Crippen molar-refractivity contribution in [2.75, 3.05) is 5.33 Å². The van der Waals surface area contributed by atoms with E-state index in [-0.39, 0.29) is 5.91 Å². The summed E-state index contributed by atoms with van der Waals surface area (Å²) in [6, 6.07) is 3.88. The first kappa shape index (κ1) is 10.2. The average Bonchev–Trinajstić information content (AvgIpc) is 2.16. The number of pyridine rings is 1. The first-order valence-electron chi connectivity index (χ1n) is 3.96. The summed E-state index contributed by atoms with van der Waals surface area (Å²) in [5.74, 6) is -0.0134. The Morgan fingerprint density at radius 1 is 1.62 bits per heavy atom. The third kappa shape index (κ3) is 3.55. The maximum Gasteiger partial charge on any atom is 0.230 e. The molecule has 70 valence electrons. The predicted molar refractivity (Wildman–Crippen MR) is 54.6 cm³/mol. The molecule has 0 atom stereocenters. The van der Waals surface area contributed by atoms with Gasteiger partial charge in [-0.3, -0.25) is 9.78 Å². The van der Waals surface area contributed by atoms with E-state index in [1.807, 2.05) is 19.1 Å². The number of carbonyl (C=O) groups excluding carboxylic acids is 1. The molecular formula is C9H11BrN2O. The fraction of sp³-hybridized carbons (Fsp3) is 0.333. The first-order chi connectivity index (χ1) is 6.22. The van der Waals surface area contributed by atoms with E-state index in [4.69, 9.17) is 0 Å². The maximum atomic E-state index is 10.9. The Labute approximate surface area is 85.7 Å². The average molecular weight is 243 g/mol. The van der Waals surface area contributed by atoms with Gasteiger partial charge in [0.2, 0.25) is 5.91 Å². The van der Waals surface area contributed by atoms with Gasteiger partial charge in [0.1, 0.15) is 0 Å². The molecule has 1 heterocycles. The Balaban J connectivity index is 2.46. The molecule has 0 aliphatic heterocycles. The summed E-state index contributed by atoms with van der Waals surface area (Å²) < 4.78 is 0. The zero-order chi connectivity index (χ0) is 9.68. The summed E-state index contributed by atoms with van der Waals surface area (Å²) in [6.45, 7) is 2.47. The number of aromatic nitrogens is 1. The monoisotopic (exact) mass is 242 g/mol. The highest BCUT2D eigenvalue weighted by Gasteiger charge is 1.97. The first-order valence-corrected chi connectivity index (χ1v) is 5.08. The minimum atomic E-state index is -0.0134. The van der Waals surface area contributed by atoms with E-state index in [9.17, 15) is 4.79 Å². The normalized spacial score (nSPS) is 9.69. The molecule has 0 aromatic carbocycles. The van der Waals surface area contributed by atoms with E-state index in [0.717, 1.165) is 11.3 Å². The van der Waals surface area contributed by atoms with Crippen LogP contribution in [0.4, 0.5) is 0 Å². The number of rotatable bonds is 3. The van der Waals surface area contributed by atoms with E-state index < -0.39 is 0 Å². The molecule has 0 radical (unpaired) electrons. The lowest BCUT2D eigenvalue weighted by atomic mass is 10.2. The Kier molecular flexibility index (Phi) is 3.89. The number of alkyl halides is 1. The number of hydrogen-bond acceptors (Lipinski definition) is 2. The van der Waals surface area contributed by atoms with Gasteiger partial charge in [-0.25, -0.2) is 0 Å². The zero-order valence-electron chi connectivity index (χ0n) is 7.38. The molecule has 1 aromatic heterocycles. The highest BCUT2D eigenvalue weighted by molar-refractivity contribution is 9.09. The van der Waals surface area contributed by atoms with Crippen LogP contribution >= 0.6 is 15.9 Å². The van der Waals surface area contributed by atoms with Gasteiger partial charge in [-0.05, 0) is 18.6 Å². The van der Waals surface area contributed by atoms with E-state index in [2.05, 4.69) is 26.2 Å². The molecule has 0 saturated heterocycles. The predicted octanol–water partition coefficient (Wildman–Crippen LogP) is 1.40. The molecule has 1 N–H and O–H groups in total. The lowest BCUT2D eigenvalue weighted by Crippen LogP contribution is -2.23. The van der Waals surface area contributed by atoms with Crippen LogP contribution in [0.5, 0.6) is 0 Å². The van der Waals surface area contributed by atoms with Gasteiger partial charge in [0.25, 0.3) is 0 Å². The maximum absolute atomic E-state index is 10.9. The van der Waals surface area contributed by atoms with Crippen LogP contribution in [0.3, 0.4) is 0 Å². The van der Waals surface area contributed by atoms with Crippen LogP contribution in [-0.4, -0.2) is 16.2 Å². The van der Waals surface area contributed by atoms with Gasteiger partial charge in [0.05, 0.1) is 5.33 Å². The van der Waals surface area contributed by atoms with Crippen molar-refractivity contribution in [2.45, 2.75) is 13.5 Å². The Morgan fingerprint density at radius 3 is 2.92 bits per heavy atom. The number of aryl methyl sites for hydroxylation is 1. The number of hydrogen-bond donors (Lipinski definition) is 1. The van der Waals surface area contributed by atoms with Crippen molar-refractivity contribution in [3.63, 3.8) is 0 Å². The summed E-state index contributed by atoms with van der Waals surface area (Å²) in [7, 11) is 0. The number of halogens is 1. The third-order valence-corrected chi connectivity index (χ3v) is 2.09. The van der Waals surface area contributed by atoms with Crippen molar-refractivity contribution in [3.05, 3.63) is 29.6 Å². The quantitative estimate of drug-likeness (QED) is 0.815. The lowest BCUT2D eigenvalue weighted by molar-refractivity contribution is -0.118. The molecule has 0 aliphatic carbocycles.